The lowest BCUT2D eigenvalue weighted by atomic mass is 10.1. The fraction of sp³-hybridized carbons (Fsp3) is 0. The molecule has 0 saturated carbocycles. The summed E-state index contributed by atoms with van der Waals surface area (Å²) >= 11 is 11.8. The minimum atomic E-state index is -1.35. The summed E-state index contributed by atoms with van der Waals surface area (Å²) in [5, 5.41) is 20.3. The lowest BCUT2D eigenvalue weighted by molar-refractivity contribution is -0.385. The zero-order valence-corrected chi connectivity index (χ0v) is 11.8. The second-order valence-corrected chi connectivity index (χ2v) is 4.66. The van der Waals surface area contributed by atoms with E-state index in [0.717, 1.165) is 6.07 Å². The molecule has 0 aromatic heterocycles. The number of nitro benzene ring substituents is 1. The van der Waals surface area contributed by atoms with Crippen molar-refractivity contribution in [2.24, 2.45) is 0 Å². The lowest BCUT2D eigenvalue weighted by Crippen LogP contribution is -2.03. The van der Waals surface area contributed by atoms with Gasteiger partial charge in [0.2, 0.25) is 5.75 Å². The van der Waals surface area contributed by atoms with Crippen LogP contribution in [0.15, 0.2) is 36.4 Å². The molecule has 2 aromatic rings. The van der Waals surface area contributed by atoms with E-state index in [-0.39, 0.29) is 21.4 Å². The van der Waals surface area contributed by atoms with Crippen LogP contribution in [-0.4, -0.2) is 16.0 Å². The summed E-state index contributed by atoms with van der Waals surface area (Å²) in [6.45, 7) is 0. The number of rotatable bonds is 4. The van der Waals surface area contributed by atoms with Crippen molar-refractivity contribution < 1.29 is 19.6 Å². The Hall–Kier alpha value is -2.31. The number of hydrogen-bond acceptors (Lipinski definition) is 4. The number of nitrogens with zero attached hydrogens (tertiary/aromatic N) is 1. The molecule has 0 radical (unpaired) electrons. The van der Waals surface area contributed by atoms with Crippen molar-refractivity contribution in [1.29, 1.82) is 0 Å². The summed E-state index contributed by atoms with van der Waals surface area (Å²) in [5.74, 6) is -1.73. The minimum absolute atomic E-state index is 0.0287. The number of para-hydroxylation sites is 1. The molecule has 6 nitrogen and oxygen atoms in total. The van der Waals surface area contributed by atoms with Gasteiger partial charge in [0.1, 0.15) is 16.3 Å². The maximum atomic E-state index is 11.2. The van der Waals surface area contributed by atoms with Gasteiger partial charge < -0.3 is 9.84 Å². The molecule has 0 heterocycles. The third kappa shape index (κ3) is 3.07. The molecule has 0 saturated heterocycles. The highest BCUT2D eigenvalue weighted by Crippen LogP contribution is 2.39. The predicted octanol–water partition coefficient (Wildman–Crippen LogP) is 4.39. The minimum Gasteiger partial charge on any atom is -0.478 e. The fourth-order valence-corrected chi connectivity index (χ4v) is 1.95. The highest BCUT2D eigenvalue weighted by Gasteiger charge is 2.24. The summed E-state index contributed by atoms with van der Waals surface area (Å²) in [7, 11) is 0. The third-order valence-electron chi connectivity index (χ3n) is 2.55. The molecule has 0 aliphatic carbocycles. The highest BCUT2D eigenvalue weighted by molar-refractivity contribution is 6.42. The average molecular weight is 328 g/mol. The Morgan fingerprint density at radius 1 is 1.19 bits per heavy atom. The van der Waals surface area contributed by atoms with Gasteiger partial charge >= 0.3 is 11.7 Å². The Kier molecular flexibility index (Phi) is 4.30. The van der Waals surface area contributed by atoms with Crippen LogP contribution in [0.5, 0.6) is 11.5 Å². The molecule has 2 rings (SSSR count). The van der Waals surface area contributed by atoms with Crippen LogP contribution in [0, 0.1) is 10.1 Å². The number of benzene rings is 2. The number of ether oxygens (including phenoxy) is 1. The van der Waals surface area contributed by atoms with Crippen molar-refractivity contribution in [3.8, 4) is 11.5 Å². The molecule has 0 aliphatic heterocycles. The van der Waals surface area contributed by atoms with Gasteiger partial charge in [0, 0.05) is 6.07 Å². The standard InChI is InChI=1S/C13H7Cl2NO5/c14-8-4-2-6-10(11(8)15)21-12-7(13(17)18)3-1-5-9(12)16(19)20/h1-6H,(H,17,18). The van der Waals surface area contributed by atoms with Gasteiger partial charge in [0.05, 0.1) is 9.95 Å². The topological polar surface area (TPSA) is 89.7 Å². The summed E-state index contributed by atoms with van der Waals surface area (Å²) in [4.78, 5) is 21.5. The van der Waals surface area contributed by atoms with Crippen molar-refractivity contribution in [3.05, 3.63) is 62.1 Å². The molecule has 0 atom stereocenters. The number of nitro groups is 1. The van der Waals surface area contributed by atoms with Gasteiger partial charge in [-0.05, 0) is 18.2 Å². The summed E-state index contributed by atoms with van der Waals surface area (Å²) < 4.78 is 5.34. The maximum absolute atomic E-state index is 11.2. The Labute approximate surface area is 128 Å². The summed E-state index contributed by atoms with van der Waals surface area (Å²) in [6, 6.07) is 8.06. The Bertz CT molecular complexity index is 700. The lowest BCUT2D eigenvalue weighted by Gasteiger charge is -2.10. The van der Waals surface area contributed by atoms with Crippen molar-refractivity contribution in [3.63, 3.8) is 0 Å². The predicted molar refractivity (Wildman–Crippen MR) is 76.6 cm³/mol. The Morgan fingerprint density at radius 2 is 1.86 bits per heavy atom. The highest BCUT2D eigenvalue weighted by atomic mass is 35.5. The first-order chi connectivity index (χ1) is 9.91. The maximum Gasteiger partial charge on any atom is 0.339 e. The van der Waals surface area contributed by atoms with E-state index in [1.54, 1.807) is 0 Å². The van der Waals surface area contributed by atoms with Gasteiger partial charge in [-0.25, -0.2) is 4.79 Å². The van der Waals surface area contributed by atoms with Crippen LogP contribution in [0.25, 0.3) is 0 Å². The van der Waals surface area contributed by atoms with E-state index >= 15 is 0 Å². The monoisotopic (exact) mass is 327 g/mol. The van der Waals surface area contributed by atoms with E-state index in [1.165, 1.54) is 30.3 Å². The van der Waals surface area contributed by atoms with Crippen molar-refractivity contribution in [2.45, 2.75) is 0 Å². The van der Waals surface area contributed by atoms with Gasteiger partial charge in [-0.15, -0.1) is 0 Å². The van der Waals surface area contributed by atoms with E-state index in [2.05, 4.69) is 0 Å². The van der Waals surface area contributed by atoms with Gasteiger partial charge in [0.15, 0.2) is 0 Å². The molecule has 1 N–H and O–H groups in total. The van der Waals surface area contributed by atoms with Gasteiger partial charge in [-0.2, -0.15) is 0 Å². The number of carbonyl (C=O) groups is 1. The third-order valence-corrected chi connectivity index (χ3v) is 3.35. The average Bonchev–Trinajstić information content (AvgIpc) is 2.43. The van der Waals surface area contributed by atoms with Crippen LogP contribution in [0.4, 0.5) is 5.69 Å². The molecule has 108 valence electrons. The van der Waals surface area contributed by atoms with Crippen molar-refractivity contribution >= 4 is 34.9 Å². The second kappa shape index (κ2) is 5.99. The number of aromatic carboxylic acids is 1. The quantitative estimate of drug-likeness (QED) is 0.664. The van der Waals surface area contributed by atoms with Crippen LogP contribution in [-0.2, 0) is 0 Å². The first-order valence-electron chi connectivity index (χ1n) is 5.54. The van der Waals surface area contributed by atoms with E-state index in [9.17, 15) is 14.9 Å². The Balaban J connectivity index is 2.59. The van der Waals surface area contributed by atoms with Gasteiger partial charge in [-0.3, -0.25) is 10.1 Å². The van der Waals surface area contributed by atoms with Gasteiger partial charge in [0.25, 0.3) is 0 Å². The molecule has 0 spiro atoms. The Morgan fingerprint density at radius 3 is 2.48 bits per heavy atom. The molecule has 0 amide bonds. The van der Waals surface area contributed by atoms with Crippen LogP contribution in [0.3, 0.4) is 0 Å². The molecule has 0 unspecified atom stereocenters. The SMILES string of the molecule is O=C(O)c1cccc([N+](=O)[O-])c1Oc1cccc(Cl)c1Cl. The number of carboxylic acids is 1. The number of halogens is 2. The second-order valence-electron chi connectivity index (χ2n) is 3.87. The molecule has 2 aromatic carbocycles. The van der Waals surface area contributed by atoms with Crippen LogP contribution in [0.1, 0.15) is 10.4 Å². The van der Waals surface area contributed by atoms with Gasteiger partial charge in [-0.1, -0.05) is 35.3 Å². The van der Waals surface area contributed by atoms with E-state index in [0.29, 0.717) is 0 Å². The van der Waals surface area contributed by atoms with Crippen LogP contribution >= 0.6 is 23.2 Å². The molecular formula is C13H7Cl2NO5. The summed E-state index contributed by atoms with van der Waals surface area (Å²) in [6.07, 6.45) is 0. The van der Waals surface area contributed by atoms with E-state index in [1.807, 2.05) is 0 Å². The smallest absolute Gasteiger partial charge is 0.339 e. The molecule has 0 fully saturated rings. The van der Waals surface area contributed by atoms with E-state index in [4.69, 9.17) is 33.0 Å². The zero-order chi connectivity index (χ0) is 15.6. The van der Waals surface area contributed by atoms with Crippen molar-refractivity contribution in [2.75, 3.05) is 0 Å². The molecule has 21 heavy (non-hydrogen) atoms. The molecule has 8 heteroatoms. The van der Waals surface area contributed by atoms with Crippen LogP contribution < -0.4 is 4.74 Å². The number of carboxylic acid groups (broad SMARTS) is 1. The number of hydrogen-bond donors (Lipinski definition) is 1. The van der Waals surface area contributed by atoms with E-state index < -0.39 is 22.3 Å². The first-order valence-corrected chi connectivity index (χ1v) is 6.30. The zero-order valence-electron chi connectivity index (χ0n) is 10.2. The normalized spacial score (nSPS) is 10.2. The summed E-state index contributed by atoms with van der Waals surface area (Å²) in [5.41, 5.74) is -0.828. The molecular weight excluding hydrogens is 321 g/mol. The van der Waals surface area contributed by atoms with Crippen molar-refractivity contribution in [1.82, 2.24) is 0 Å². The largest absolute Gasteiger partial charge is 0.478 e. The van der Waals surface area contributed by atoms with Crippen LogP contribution in [0.2, 0.25) is 10.0 Å². The molecule has 0 bridgehead atoms. The first kappa shape index (κ1) is 15.1. The fourth-order valence-electron chi connectivity index (χ4n) is 1.62. The molecule has 0 aliphatic rings.